The summed E-state index contributed by atoms with van der Waals surface area (Å²) in [4.78, 5) is 2.27. The molecule has 0 unspecified atom stereocenters. The molecule has 150 valence electrons. The molecular weight excluding hydrogens is 378 g/mol. The number of halogens is 1. The molecule has 0 aliphatic heterocycles. The Morgan fingerprint density at radius 1 is 0.862 bits per heavy atom. The van der Waals surface area contributed by atoms with Gasteiger partial charge in [0.05, 0.1) is 11.9 Å². The zero-order valence-corrected chi connectivity index (χ0v) is 17.5. The fraction of sp³-hybridized carbons (Fsp3) is 0.231. The van der Waals surface area contributed by atoms with Gasteiger partial charge in [0.1, 0.15) is 12.4 Å². The zero-order chi connectivity index (χ0) is 24.8. The largest absolute Gasteiger partial charge is 0.492 e. The van der Waals surface area contributed by atoms with Gasteiger partial charge in [0.15, 0.2) is 0 Å². The highest BCUT2D eigenvalue weighted by Gasteiger charge is 2.12. The van der Waals surface area contributed by atoms with Crippen molar-refractivity contribution in [2.45, 2.75) is 13.8 Å². The molecule has 2 nitrogen and oxygen atoms in total. The van der Waals surface area contributed by atoms with E-state index in [1.807, 2.05) is 42.5 Å². The zero-order valence-electron chi connectivity index (χ0n) is 21.8. The van der Waals surface area contributed by atoms with Crippen molar-refractivity contribution >= 4 is 22.2 Å². The van der Waals surface area contributed by atoms with Crippen LogP contribution < -0.4 is 4.74 Å². The van der Waals surface area contributed by atoms with Crippen LogP contribution in [-0.2, 0) is 0 Å². The Morgan fingerprint density at radius 3 is 2.14 bits per heavy atom. The minimum absolute atomic E-state index is 0.0649. The fourth-order valence-corrected chi connectivity index (χ4v) is 3.36. The van der Waals surface area contributed by atoms with E-state index >= 15 is 0 Å². The Kier molecular flexibility index (Phi) is 5.73. The van der Waals surface area contributed by atoms with Gasteiger partial charge in [0, 0.05) is 12.1 Å². The van der Waals surface area contributed by atoms with Crippen molar-refractivity contribution in [2.75, 3.05) is 26.2 Å². The quantitative estimate of drug-likeness (QED) is 0.370. The molecule has 0 spiro atoms. The summed E-state index contributed by atoms with van der Waals surface area (Å²) in [6.45, 7) is 7.52. The van der Waals surface area contributed by atoms with Gasteiger partial charge in [-0.15, -0.1) is 0 Å². The van der Waals surface area contributed by atoms with Crippen LogP contribution in [0.1, 0.15) is 37.4 Å². The van der Waals surface area contributed by atoms with Crippen molar-refractivity contribution in [3.63, 3.8) is 0 Å². The summed E-state index contributed by atoms with van der Waals surface area (Å²) in [6, 6.07) is 14.6. The lowest BCUT2D eigenvalue weighted by molar-refractivity contribution is 0.223. The molecule has 0 saturated heterocycles. The second-order valence-electron chi connectivity index (χ2n) is 6.45. The van der Waals surface area contributed by atoms with Gasteiger partial charge in [-0.3, -0.25) is 0 Å². The minimum Gasteiger partial charge on any atom is -0.492 e. The van der Waals surface area contributed by atoms with Gasteiger partial charge in [-0.25, -0.2) is 0 Å². The van der Waals surface area contributed by atoms with Crippen LogP contribution in [0.2, 0.25) is 0 Å². The average molecular weight is 411 g/mol. The molecule has 0 aliphatic rings. The summed E-state index contributed by atoms with van der Waals surface area (Å²) in [5, 5.41) is 0.300. The van der Waals surface area contributed by atoms with Crippen molar-refractivity contribution in [2.24, 2.45) is 0 Å². The summed E-state index contributed by atoms with van der Waals surface area (Å²) in [5.74, 6) is 0.687. The fourth-order valence-electron chi connectivity index (χ4n) is 3.03. The maximum atomic E-state index is 8.49. The van der Waals surface area contributed by atoms with Crippen molar-refractivity contribution in [3.05, 3.63) is 101 Å². The maximum Gasteiger partial charge on any atom is 0.119 e. The third-order valence-electron chi connectivity index (χ3n) is 4.71. The molecular formula is C26H28ClNO. The lowest BCUT2D eigenvalue weighted by atomic mass is 9.95. The van der Waals surface area contributed by atoms with Crippen LogP contribution in [0, 0.1) is 0 Å². The van der Waals surface area contributed by atoms with Crippen LogP contribution in [0.15, 0.2) is 84.8 Å². The summed E-state index contributed by atoms with van der Waals surface area (Å²) in [7, 11) is 0. The average Bonchev–Trinajstić information content (AvgIpc) is 2.87. The Balaban J connectivity index is 2.08. The number of hydrogen-bond acceptors (Lipinski definition) is 2. The smallest absolute Gasteiger partial charge is 0.119 e. The molecule has 3 rings (SSSR count). The Labute approximate surface area is 186 Å². The van der Waals surface area contributed by atoms with Crippen LogP contribution in [0.5, 0.6) is 5.75 Å². The Bertz CT molecular complexity index is 1130. The molecule has 3 heteroatoms. The third kappa shape index (κ3) is 5.72. The molecule has 3 aromatic rings. The van der Waals surface area contributed by atoms with Crippen LogP contribution in [-0.4, -0.2) is 31.1 Å². The van der Waals surface area contributed by atoms with Crippen molar-refractivity contribution in [3.8, 4) is 5.75 Å². The van der Waals surface area contributed by atoms with E-state index in [0.29, 0.717) is 34.1 Å². The number of rotatable bonds is 9. The highest BCUT2D eigenvalue weighted by molar-refractivity contribution is 6.53. The van der Waals surface area contributed by atoms with E-state index in [2.05, 4.69) is 18.7 Å². The number of hydrogen-bond donors (Lipinski definition) is 0. The molecule has 0 saturated carbocycles. The van der Waals surface area contributed by atoms with E-state index in [1.54, 1.807) is 12.1 Å². The number of likely N-dealkylation sites (N-methyl/N-ethyl adjacent to an activating group) is 1. The predicted octanol–water partition coefficient (Wildman–Crippen LogP) is 6.56. The highest BCUT2D eigenvalue weighted by Crippen LogP contribution is 2.35. The SMILES string of the molecule is [2H]c1c([2H])c([2H])c(/C(=C(\Cl)c2ccccc2)c2ccc(OCCN(CC)CC)cc2)c([2H])c1[2H]. The topological polar surface area (TPSA) is 12.5 Å². The highest BCUT2D eigenvalue weighted by atomic mass is 35.5. The van der Waals surface area contributed by atoms with Gasteiger partial charge in [-0.05, 0) is 41.9 Å². The van der Waals surface area contributed by atoms with Gasteiger partial charge in [0.2, 0.25) is 0 Å². The molecule has 0 heterocycles. The standard InChI is InChI=1S/C26H28ClNO/c1-3-28(4-2)19-20-29-24-17-15-22(16-18-24)25(21-11-7-5-8-12-21)26(27)23-13-9-6-10-14-23/h5-18H,3-4,19-20H2,1-2H3/b26-25+/i5D,7D,8D,11D,12D. The number of ether oxygens (including phenoxy) is 1. The van der Waals surface area contributed by atoms with Crippen molar-refractivity contribution in [1.82, 2.24) is 4.90 Å². The molecule has 0 fully saturated rings. The van der Waals surface area contributed by atoms with E-state index in [4.69, 9.17) is 23.2 Å². The lowest BCUT2D eigenvalue weighted by Gasteiger charge is -2.18. The van der Waals surface area contributed by atoms with Gasteiger partial charge < -0.3 is 9.64 Å². The normalized spacial score (nSPS) is 14.4. The molecule has 0 atom stereocenters. The summed E-state index contributed by atoms with van der Waals surface area (Å²) < 4.78 is 47.0. The summed E-state index contributed by atoms with van der Waals surface area (Å²) in [6.07, 6.45) is 0. The molecule has 0 bridgehead atoms. The first-order valence-electron chi connectivity index (χ1n) is 12.3. The molecule has 3 aromatic carbocycles. The van der Waals surface area contributed by atoms with Gasteiger partial charge in [-0.2, -0.15) is 0 Å². The second kappa shape index (κ2) is 10.8. The van der Waals surface area contributed by atoms with Crippen LogP contribution >= 0.6 is 11.6 Å². The van der Waals surface area contributed by atoms with Crippen molar-refractivity contribution < 1.29 is 11.6 Å². The molecule has 29 heavy (non-hydrogen) atoms. The van der Waals surface area contributed by atoms with E-state index in [9.17, 15) is 0 Å². The molecule has 0 radical (unpaired) electrons. The summed E-state index contributed by atoms with van der Waals surface area (Å²) in [5.41, 5.74) is 1.75. The van der Waals surface area contributed by atoms with Crippen LogP contribution in [0.3, 0.4) is 0 Å². The van der Waals surface area contributed by atoms with Gasteiger partial charge in [-0.1, -0.05) is 98.1 Å². The number of nitrogens with zero attached hydrogens (tertiary/aromatic N) is 1. The van der Waals surface area contributed by atoms with E-state index in [0.717, 1.165) is 19.6 Å². The maximum absolute atomic E-state index is 8.49. The Hall–Kier alpha value is -2.55. The number of benzene rings is 3. The molecule has 0 aliphatic carbocycles. The molecule has 0 N–H and O–H groups in total. The first-order chi connectivity index (χ1) is 16.3. The van der Waals surface area contributed by atoms with E-state index in [1.165, 1.54) is 0 Å². The predicted molar refractivity (Wildman–Crippen MR) is 124 cm³/mol. The third-order valence-corrected chi connectivity index (χ3v) is 5.12. The second-order valence-corrected chi connectivity index (χ2v) is 6.83. The van der Waals surface area contributed by atoms with Crippen LogP contribution in [0.25, 0.3) is 10.6 Å². The summed E-state index contributed by atoms with van der Waals surface area (Å²) >= 11 is 6.83. The minimum atomic E-state index is -0.439. The van der Waals surface area contributed by atoms with Crippen molar-refractivity contribution in [1.29, 1.82) is 0 Å². The van der Waals surface area contributed by atoms with Gasteiger partial charge in [0.25, 0.3) is 0 Å². The van der Waals surface area contributed by atoms with E-state index < -0.39 is 18.1 Å². The molecule has 0 amide bonds. The monoisotopic (exact) mass is 410 g/mol. The first kappa shape index (κ1) is 15.3. The lowest BCUT2D eigenvalue weighted by Crippen LogP contribution is -2.27. The van der Waals surface area contributed by atoms with E-state index in [-0.39, 0.29) is 17.6 Å². The van der Waals surface area contributed by atoms with Crippen LogP contribution in [0.4, 0.5) is 0 Å². The molecule has 0 aromatic heterocycles. The van der Waals surface area contributed by atoms with Gasteiger partial charge >= 0.3 is 0 Å². The first-order valence-corrected chi connectivity index (χ1v) is 10.2. The Morgan fingerprint density at radius 2 is 1.52 bits per heavy atom.